The SMILES string of the molecule is COc1ccc(OC)c(NC(=O)CSc2nnc(-c3cccc(C)c3)n2CC(N)=O)c1. The van der Waals surface area contributed by atoms with Gasteiger partial charge in [-0.25, -0.2) is 0 Å². The second-order valence-electron chi connectivity index (χ2n) is 6.63. The van der Waals surface area contributed by atoms with Gasteiger partial charge in [0.2, 0.25) is 11.8 Å². The molecule has 0 fully saturated rings. The number of methoxy groups -OCH3 is 2. The van der Waals surface area contributed by atoms with Crippen molar-refractivity contribution in [1.82, 2.24) is 14.8 Å². The Balaban J connectivity index is 1.77. The predicted molar refractivity (Wildman–Crippen MR) is 118 cm³/mol. The number of carbonyl (C=O) groups excluding carboxylic acids is 2. The summed E-state index contributed by atoms with van der Waals surface area (Å²) in [6.45, 7) is 1.87. The van der Waals surface area contributed by atoms with Crippen molar-refractivity contribution in [1.29, 1.82) is 0 Å². The van der Waals surface area contributed by atoms with Crippen LogP contribution in [0.2, 0.25) is 0 Å². The quantitative estimate of drug-likeness (QED) is 0.489. The topological polar surface area (TPSA) is 121 Å². The molecule has 0 atom stereocenters. The average molecular weight is 442 g/mol. The Kier molecular flexibility index (Phi) is 7.14. The van der Waals surface area contributed by atoms with Crippen molar-refractivity contribution in [3.05, 3.63) is 48.0 Å². The van der Waals surface area contributed by atoms with Crippen molar-refractivity contribution in [3.63, 3.8) is 0 Å². The highest BCUT2D eigenvalue weighted by Crippen LogP contribution is 2.29. The molecule has 0 saturated heterocycles. The van der Waals surface area contributed by atoms with Crippen molar-refractivity contribution >= 4 is 29.3 Å². The fraction of sp³-hybridized carbons (Fsp3) is 0.238. The fourth-order valence-electron chi connectivity index (χ4n) is 2.92. The number of amides is 2. The number of nitrogens with zero attached hydrogens (tertiary/aromatic N) is 3. The van der Waals surface area contributed by atoms with Gasteiger partial charge in [0, 0.05) is 11.6 Å². The van der Waals surface area contributed by atoms with Crippen LogP contribution in [-0.4, -0.2) is 46.6 Å². The monoisotopic (exact) mass is 441 g/mol. The number of aromatic nitrogens is 3. The van der Waals surface area contributed by atoms with E-state index >= 15 is 0 Å². The zero-order valence-electron chi connectivity index (χ0n) is 17.4. The summed E-state index contributed by atoms with van der Waals surface area (Å²) in [5, 5.41) is 11.6. The number of nitrogens with two attached hydrogens (primary N) is 1. The molecule has 0 unspecified atom stereocenters. The lowest BCUT2D eigenvalue weighted by Crippen LogP contribution is -2.20. The van der Waals surface area contributed by atoms with Crippen molar-refractivity contribution in [2.24, 2.45) is 5.73 Å². The van der Waals surface area contributed by atoms with Gasteiger partial charge in [-0.15, -0.1) is 10.2 Å². The second-order valence-corrected chi connectivity index (χ2v) is 7.57. The Hall–Kier alpha value is -3.53. The van der Waals surface area contributed by atoms with E-state index in [-0.39, 0.29) is 18.2 Å². The van der Waals surface area contributed by atoms with E-state index in [0.29, 0.717) is 28.2 Å². The minimum absolute atomic E-state index is 0.0467. The molecule has 0 spiro atoms. The van der Waals surface area contributed by atoms with Crippen molar-refractivity contribution in [2.45, 2.75) is 18.6 Å². The fourth-order valence-corrected chi connectivity index (χ4v) is 3.66. The van der Waals surface area contributed by atoms with Gasteiger partial charge in [0.15, 0.2) is 11.0 Å². The van der Waals surface area contributed by atoms with Crippen LogP contribution in [0.4, 0.5) is 5.69 Å². The van der Waals surface area contributed by atoms with E-state index in [4.69, 9.17) is 15.2 Å². The summed E-state index contributed by atoms with van der Waals surface area (Å²) >= 11 is 1.16. The number of ether oxygens (including phenoxy) is 2. The number of rotatable bonds is 9. The minimum Gasteiger partial charge on any atom is -0.497 e. The lowest BCUT2D eigenvalue weighted by Gasteiger charge is -2.12. The van der Waals surface area contributed by atoms with Crippen LogP contribution < -0.4 is 20.5 Å². The molecule has 1 aromatic heterocycles. The van der Waals surface area contributed by atoms with E-state index in [9.17, 15) is 9.59 Å². The number of carbonyl (C=O) groups is 2. The van der Waals surface area contributed by atoms with E-state index in [1.165, 1.54) is 7.11 Å². The van der Waals surface area contributed by atoms with Crippen LogP contribution in [0.15, 0.2) is 47.6 Å². The Bertz CT molecular complexity index is 1100. The van der Waals surface area contributed by atoms with E-state index in [1.54, 1.807) is 29.9 Å². The molecule has 3 rings (SSSR count). The zero-order chi connectivity index (χ0) is 22.4. The third-order valence-electron chi connectivity index (χ3n) is 4.32. The zero-order valence-corrected chi connectivity index (χ0v) is 18.2. The molecule has 2 aromatic carbocycles. The summed E-state index contributed by atoms with van der Waals surface area (Å²) in [6.07, 6.45) is 0. The van der Waals surface area contributed by atoms with E-state index < -0.39 is 5.91 Å². The first-order valence-corrected chi connectivity index (χ1v) is 10.3. The Morgan fingerprint density at radius 2 is 1.94 bits per heavy atom. The first-order chi connectivity index (χ1) is 14.9. The molecule has 3 N–H and O–H groups in total. The third kappa shape index (κ3) is 5.54. The van der Waals surface area contributed by atoms with Gasteiger partial charge in [0.25, 0.3) is 0 Å². The summed E-state index contributed by atoms with van der Waals surface area (Å²) in [6, 6.07) is 12.8. The van der Waals surface area contributed by atoms with Crippen molar-refractivity contribution in [2.75, 3.05) is 25.3 Å². The molecule has 0 saturated carbocycles. The highest BCUT2D eigenvalue weighted by atomic mass is 32.2. The third-order valence-corrected chi connectivity index (χ3v) is 5.29. The molecule has 0 aliphatic carbocycles. The molecular formula is C21H23N5O4S. The van der Waals surface area contributed by atoms with Crippen LogP contribution in [0.5, 0.6) is 11.5 Å². The maximum atomic E-state index is 12.5. The Labute approximate surface area is 183 Å². The molecule has 31 heavy (non-hydrogen) atoms. The predicted octanol–water partition coefficient (Wildman–Crippen LogP) is 2.49. The van der Waals surface area contributed by atoms with Gasteiger partial charge >= 0.3 is 0 Å². The maximum absolute atomic E-state index is 12.5. The molecule has 10 heteroatoms. The summed E-state index contributed by atoms with van der Waals surface area (Å²) in [5.41, 5.74) is 7.77. The van der Waals surface area contributed by atoms with Gasteiger partial charge in [-0.05, 0) is 25.1 Å². The van der Waals surface area contributed by atoms with Crippen molar-refractivity contribution in [3.8, 4) is 22.9 Å². The number of aryl methyl sites for hydroxylation is 1. The van der Waals surface area contributed by atoms with Gasteiger partial charge in [-0.1, -0.05) is 35.5 Å². The Morgan fingerprint density at radius 3 is 2.61 bits per heavy atom. The lowest BCUT2D eigenvalue weighted by atomic mass is 10.1. The first kappa shape index (κ1) is 22.2. The highest BCUT2D eigenvalue weighted by molar-refractivity contribution is 7.99. The highest BCUT2D eigenvalue weighted by Gasteiger charge is 2.18. The smallest absolute Gasteiger partial charge is 0.237 e. The average Bonchev–Trinajstić information content (AvgIpc) is 3.14. The summed E-state index contributed by atoms with van der Waals surface area (Å²) in [7, 11) is 3.06. The van der Waals surface area contributed by atoms with Crippen LogP contribution in [0, 0.1) is 6.92 Å². The molecule has 0 radical (unpaired) electrons. The van der Waals surface area contributed by atoms with Crippen LogP contribution in [0.3, 0.4) is 0 Å². The molecule has 0 aliphatic rings. The van der Waals surface area contributed by atoms with Gasteiger partial charge in [-0.2, -0.15) is 0 Å². The minimum atomic E-state index is -0.527. The number of hydrogen-bond donors (Lipinski definition) is 2. The largest absolute Gasteiger partial charge is 0.497 e. The van der Waals surface area contributed by atoms with Crippen LogP contribution in [0.25, 0.3) is 11.4 Å². The second kappa shape index (κ2) is 9.98. The van der Waals surface area contributed by atoms with Crippen LogP contribution in [0.1, 0.15) is 5.56 Å². The molecule has 0 bridgehead atoms. The molecular weight excluding hydrogens is 418 g/mol. The van der Waals surface area contributed by atoms with Crippen LogP contribution >= 0.6 is 11.8 Å². The summed E-state index contributed by atoms with van der Waals surface area (Å²) < 4.78 is 12.1. The molecule has 3 aromatic rings. The van der Waals surface area contributed by atoms with E-state index in [2.05, 4.69) is 15.5 Å². The molecule has 9 nitrogen and oxygen atoms in total. The summed E-state index contributed by atoms with van der Waals surface area (Å²) in [4.78, 5) is 24.1. The normalized spacial score (nSPS) is 10.5. The van der Waals surface area contributed by atoms with E-state index in [0.717, 1.165) is 22.9 Å². The standard InChI is InChI=1S/C21H23N5O4S/c1-13-5-4-6-14(9-13)20-24-25-21(26(20)11-18(22)27)31-12-19(28)23-16-10-15(29-2)7-8-17(16)30-3/h4-10H,11-12H2,1-3H3,(H2,22,27)(H,23,28). The summed E-state index contributed by atoms with van der Waals surface area (Å²) in [5.74, 6) is 0.860. The number of primary amides is 1. The molecule has 0 aliphatic heterocycles. The van der Waals surface area contributed by atoms with Gasteiger partial charge in [0.05, 0.1) is 25.7 Å². The molecule has 2 amide bonds. The van der Waals surface area contributed by atoms with E-state index in [1.807, 2.05) is 31.2 Å². The number of benzene rings is 2. The van der Waals surface area contributed by atoms with Gasteiger partial charge in [-0.3, -0.25) is 14.2 Å². The number of nitrogens with one attached hydrogen (secondary N) is 1. The number of thioether (sulfide) groups is 1. The lowest BCUT2D eigenvalue weighted by molar-refractivity contribution is -0.118. The number of anilines is 1. The maximum Gasteiger partial charge on any atom is 0.237 e. The van der Waals surface area contributed by atoms with Gasteiger partial charge < -0.3 is 20.5 Å². The number of hydrogen-bond acceptors (Lipinski definition) is 7. The Morgan fingerprint density at radius 1 is 1.13 bits per heavy atom. The molecule has 1 heterocycles. The molecule has 162 valence electrons. The van der Waals surface area contributed by atoms with Gasteiger partial charge in [0.1, 0.15) is 18.0 Å². The van der Waals surface area contributed by atoms with Crippen molar-refractivity contribution < 1.29 is 19.1 Å². The first-order valence-electron chi connectivity index (χ1n) is 9.34. The van der Waals surface area contributed by atoms with Crippen LogP contribution in [-0.2, 0) is 16.1 Å².